The van der Waals surface area contributed by atoms with Crippen LogP contribution in [0.3, 0.4) is 0 Å². The molecule has 0 saturated carbocycles. The Morgan fingerprint density at radius 3 is 2.77 bits per heavy atom. The zero-order valence-electron chi connectivity index (χ0n) is 20.2. The van der Waals surface area contributed by atoms with E-state index in [1.165, 1.54) is 0 Å². The standard InChI is InChI=1S/C25H32ClN7O2/c1-16(2)32-9-3-4-23(32)25(35)28-18-14-27-33(15-18)19-7-10-31(11-8-19)24(34)13-22-20-6-5-17(26)12-21(20)29-30-22/h5-6,12,14-16,19,23H,3-4,7-11,13H2,1-2H3,(H,28,35)(H,29,30)/t23-/m1/s1. The highest BCUT2D eigenvalue weighted by molar-refractivity contribution is 6.31. The molecule has 9 nitrogen and oxygen atoms in total. The highest BCUT2D eigenvalue weighted by atomic mass is 35.5. The molecule has 35 heavy (non-hydrogen) atoms. The van der Waals surface area contributed by atoms with Crippen molar-refractivity contribution in [2.24, 2.45) is 0 Å². The van der Waals surface area contributed by atoms with Crippen LogP contribution >= 0.6 is 11.6 Å². The van der Waals surface area contributed by atoms with E-state index >= 15 is 0 Å². The fraction of sp³-hybridized carbons (Fsp3) is 0.520. The fourth-order valence-electron chi connectivity index (χ4n) is 5.33. The maximum absolute atomic E-state index is 12.9. The molecule has 5 rings (SSSR count). The summed E-state index contributed by atoms with van der Waals surface area (Å²) in [5, 5.41) is 16.4. The quantitative estimate of drug-likeness (QED) is 0.541. The van der Waals surface area contributed by atoms with Crippen LogP contribution < -0.4 is 5.32 Å². The van der Waals surface area contributed by atoms with Gasteiger partial charge in [-0.1, -0.05) is 11.6 Å². The number of halogens is 1. The van der Waals surface area contributed by atoms with Crippen LogP contribution in [0.5, 0.6) is 0 Å². The highest BCUT2D eigenvalue weighted by Gasteiger charge is 2.32. The minimum atomic E-state index is -0.0726. The summed E-state index contributed by atoms with van der Waals surface area (Å²) in [5.41, 5.74) is 2.32. The van der Waals surface area contributed by atoms with Gasteiger partial charge in [-0.05, 0) is 64.3 Å². The number of hydrogen-bond acceptors (Lipinski definition) is 5. The number of aromatic amines is 1. The number of aromatic nitrogens is 4. The van der Waals surface area contributed by atoms with Crippen molar-refractivity contribution < 1.29 is 9.59 Å². The minimum Gasteiger partial charge on any atom is -0.342 e. The topological polar surface area (TPSA) is 99.1 Å². The lowest BCUT2D eigenvalue weighted by Crippen LogP contribution is -2.43. The molecule has 0 unspecified atom stereocenters. The lowest BCUT2D eigenvalue weighted by Gasteiger charge is -2.32. The Hall–Kier alpha value is -2.91. The van der Waals surface area contributed by atoms with Gasteiger partial charge < -0.3 is 10.2 Å². The lowest BCUT2D eigenvalue weighted by molar-refractivity contribution is -0.131. The summed E-state index contributed by atoms with van der Waals surface area (Å²) in [5.74, 6) is 0.133. The second-order valence-corrected chi connectivity index (χ2v) is 10.3. The SMILES string of the molecule is CC(C)N1CCC[C@@H]1C(=O)Nc1cnn(C2CCN(C(=O)Cc3[nH]nc4cc(Cl)ccc34)CC2)c1. The Labute approximate surface area is 209 Å². The van der Waals surface area contributed by atoms with E-state index in [1.807, 2.05) is 27.9 Å². The molecule has 4 heterocycles. The molecule has 186 valence electrons. The molecule has 0 spiro atoms. The van der Waals surface area contributed by atoms with Crippen LogP contribution in [-0.4, -0.2) is 73.3 Å². The van der Waals surface area contributed by atoms with Crippen LogP contribution in [0.25, 0.3) is 10.9 Å². The van der Waals surface area contributed by atoms with E-state index in [0.717, 1.165) is 54.5 Å². The number of anilines is 1. The summed E-state index contributed by atoms with van der Waals surface area (Å²) >= 11 is 6.03. The predicted molar refractivity (Wildman–Crippen MR) is 135 cm³/mol. The second-order valence-electron chi connectivity index (χ2n) is 9.84. The number of nitrogens with zero attached hydrogens (tertiary/aromatic N) is 5. The molecule has 0 radical (unpaired) electrons. The third kappa shape index (κ3) is 5.06. The van der Waals surface area contributed by atoms with Crippen LogP contribution in [0.2, 0.25) is 5.02 Å². The molecule has 2 N–H and O–H groups in total. The Morgan fingerprint density at radius 1 is 1.20 bits per heavy atom. The number of H-pyrrole nitrogens is 1. The van der Waals surface area contributed by atoms with Crippen molar-refractivity contribution in [1.29, 1.82) is 0 Å². The molecular formula is C25H32ClN7O2. The number of amides is 2. The van der Waals surface area contributed by atoms with Gasteiger partial charge in [-0.25, -0.2) is 0 Å². The first-order valence-corrected chi connectivity index (χ1v) is 12.8. The average Bonchev–Trinajstić information content (AvgIpc) is 3.59. The Kier molecular flexibility index (Phi) is 6.80. The van der Waals surface area contributed by atoms with Crippen molar-refractivity contribution >= 4 is 40.0 Å². The monoisotopic (exact) mass is 497 g/mol. The van der Waals surface area contributed by atoms with Crippen LogP contribution in [0.4, 0.5) is 5.69 Å². The maximum Gasteiger partial charge on any atom is 0.241 e. The van der Waals surface area contributed by atoms with E-state index in [4.69, 9.17) is 11.6 Å². The molecule has 0 bridgehead atoms. The third-order valence-electron chi connectivity index (χ3n) is 7.24. The Balaban J connectivity index is 1.14. The summed E-state index contributed by atoms with van der Waals surface area (Å²) in [7, 11) is 0. The molecule has 0 aliphatic carbocycles. The summed E-state index contributed by atoms with van der Waals surface area (Å²) in [6.45, 7) is 6.59. The number of likely N-dealkylation sites (tertiary alicyclic amines) is 2. The normalized spacial score (nSPS) is 19.7. The van der Waals surface area contributed by atoms with Gasteiger partial charge in [0.2, 0.25) is 11.8 Å². The van der Waals surface area contributed by atoms with Gasteiger partial charge in [0.05, 0.1) is 41.6 Å². The molecule has 2 aliphatic rings. The number of benzene rings is 1. The van der Waals surface area contributed by atoms with Gasteiger partial charge in [-0.2, -0.15) is 10.2 Å². The molecule has 10 heteroatoms. The van der Waals surface area contributed by atoms with Gasteiger partial charge >= 0.3 is 0 Å². The molecule has 1 atom stereocenters. The van der Waals surface area contributed by atoms with E-state index in [2.05, 4.69) is 39.4 Å². The summed E-state index contributed by atoms with van der Waals surface area (Å²) in [6.07, 6.45) is 7.52. The van der Waals surface area contributed by atoms with Gasteiger partial charge in [-0.15, -0.1) is 0 Å². The lowest BCUT2D eigenvalue weighted by atomic mass is 10.0. The average molecular weight is 498 g/mol. The van der Waals surface area contributed by atoms with Crippen LogP contribution in [0.15, 0.2) is 30.6 Å². The van der Waals surface area contributed by atoms with Crippen molar-refractivity contribution in [2.45, 2.75) is 64.1 Å². The molecule has 2 fully saturated rings. The molecular weight excluding hydrogens is 466 g/mol. The van der Waals surface area contributed by atoms with Gasteiger partial charge in [-0.3, -0.25) is 24.3 Å². The van der Waals surface area contributed by atoms with Crippen molar-refractivity contribution in [1.82, 2.24) is 29.8 Å². The number of fused-ring (bicyclic) bond motifs is 1. The van der Waals surface area contributed by atoms with Crippen LogP contribution in [0, 0.1) is 0 Å². The van der Waals surface area contributed by atoms with E-state index < -0.39 is 0 Å². The smallest absolute Gasteiger partial charge is 0.241 e. The van der Waals surface area contributed by atoms with E-state index in [-0.39, 0.29) is 30.3 Å². The van der Waals surface area contributed by atoms with E-state index in [0.29, 0.717) is 24.2 Å². The highest BCUT2D eigenvalue weighted by Crippen LogP contribution is 2.26. The van der Waals surface area contributed by atoms with Crippen LogP contribution in [0.1, 0.15) is 51.3 Å². The summed E-state index contributed by atoms with van der Waals surface area (Å²) < 4.78 is 1.93. The number of carbonyl (C=O) groups is 2. The zero-order valence-corrected chi connectivity index (χ0v) is 21.0. The Bertz CT molecular complexity index is 1210. The van der Waals surface area contributed by atoms with Gasteiger partial charge in [0.15, 0.2) is 0 Å². The van der Waals surface area contributed by atoms with Crippen LogP contribution in [-0.2, 0) is 16.0 Å². The molecule has 1 aromatic carbocycles. The number of piperidine rings is 1. The third-order valence-corrected chi connectivity index (χ3v) is 7.48. The number of carbonyl (C=O) groups excluding carboxylic acids is 2. The first kappa shape index (κ1) is 23.8. The van der Waals surface area contributed by atoms with E-state index in [1.54, 1.807) is 12.3 Å². The summed E-state index contributed by atoms with van der Waals surface area (Å²) in [4.78, 5) is 29.9. The molecule has 2 amide bonds. The van der Waals surface area contributed by atoms with E-state index in [9.17, 15) is 9.59 Å². The molecule has 2 aliphatic heterocycles. The Morgan fingerprint density at radius 2 is 2.00 bits per heavy atom. The number of hydrogen-bond donors (Lipinski definition) is 2. The number of rotatable bonds is 6. The predicted octanol–water partition coefficient (Wildman–Crippen LogP) is 3.63. The number of nitrogens with one attached hydrogen (secondary N) is 2. The first-order valence-electron chi connectivity index (χ1n) is 12.4. The van der Waals surface area contributed by atoms with Crippen molar-refractivity contribution in [3.8, 4) is 0 Å². The maximum atomic E-state index is 12.9. The largest absolute Gasteiger partial charge is 0.342 e. The second kappa shape index (κ2) is 9.99. The minimum absolute atomic E-state index is 0.0461. The van der Waals surface area contributed by atoms with Crippen molar-refractivity contribution in [3.63, 3.8) is 0 Å². The molecule has 2 aromatic heterocycles. The van der Waals surface area contributed by atoms with Gasteiger partial charge in [0.1, 0.15) is 0 Å². The molecule has 2 saturated heterocycles. The van der Waals surface area contributed by atoms with Crippen molar-refractivity contribution in [3.05, 3.63) is 41.3 Å². The van der Waals surface area contributed by atoms with Gasteiger partial charge in [0, 0.05) is 35.7 Å². The fourth-order valence-corrected chi connectivity index (χ4v) is 5.50. The zero-order chi connectivity index (χ0) is 24.5. The summed E-state index contributed by atoms with van der Waals surface area (Å²) in [6, 6.07) is 6.00. The van der Waals surface area contributed by atoms with Crippen molar-refractivity contribution in [2.75, 3.05) is 25.0 Å². The van der Waals surface area contributed by atoms with Gasteiger partial charge in [0.25, 0.3) is 0 Å². The first-order chi connectivity index (χ1) is 16.9. The molecule has 3 aromatic rings.